The third kappa shape index (κ3) is 12.2. The molecule has 0 unspecified atom stereocenters. The highest BCUT2D eigenvalue weighted by atomic mass is 16.5. The summed E-state index contributed by atoms with van der Waals surface area (Å²) in [6, 6.07) is 4.77. The Morgan fingerprint density at radius 3 is 2.28 bits per heavy atom. The molecule has 1 rings (SSSR count). The number of carbonyl (C=O) groups is 4. The van der Waals surface area contributed by atoms with Gasteiger partial charge in [-0.2, -0.15) is 0 Å². The Morgan fingerprint density at radius 2 is 1.72 bits per heavy atom. The van der Waals surface area contributed by atoms with Gasteiger partial charge in [0, 0.05) is 26.4 Å². The van der Waals surface area contributed by atoms with Gasteiger partial charge in [0.1, 0.15) is 24.4 Å². The topological polar surface area (TPSA) is 187 Å². The third-order valence-corrected chi connectivity index (χ3v) is 5.65. The molecule has 0 saturated carbocycles. The van der Waals surface area contributed by atoms with Crippen molar-refractivity contribution < 1.29 is 28.7 Å². The lowest BCUT2D eigenvalue weighted by atomic mass is 9.96. The molecule has 12 heteroatoms. The number of nitrogens with one attached hydrogen (secondary N) is 3. The minimum atomic E-state index is -1.33. The van der Waals surface area contributed by atoms with E-state index in [9.17, 15) is 19.2 Å². The van der Waals surface area contributed by atoms with Crippen LogP contribution in [0.1, 0.15) is 31.2 Å². The van der Waals surface area contributed by atoms with E-state index in [1.54, 1.807) is 30.3 Å². The van der Waals surface area contributed by atoms with Gasteiger partial charge < -0.3 is 36.9 Å². The average Bonchev–Trinajstić information content (AvgIpc) is 2.92. The maximum atomic E-state index is 13.2. The number of esters is 1. The maximum absolute atomic E-state index is 13.2. The van der Waals surface area contributed by atoms with Crippen LogP contribution in [0.25, 0.3) is 0 Å². The van der Waals surface area contributed by atoms with Crippen molar-refractivity contribution in [3.05, 3.63) is 55.1 Å². The van der Waals surface area contributed by atoms with Gasteiger partial charge in [0.15, 0.2) is 5.96 Å². The fourth-order valence-electron chi connectivity index (χ4n) is 3.61. The molecule has 0 aliphatic carbocycles. The van der Waals surface area contributed by atoms with Crippen molar-refractivity contribution in [2.75, 3.05) is 27.3 Å². The second-order valence-corrected chi connectivity index (χ2v) is 8.57. The largest absolute Gasteiger partial charge is 0.490 e. The van der Waals surface area contributed by atoms with Gasteiger partial charge in [0.25, 0.3) is 0 Å². The summed E-state index contributed by atoms with van der Waals surface area (Å²) in [4.78, 5) is 54.7. The highest BCUT2D eigenvalue weighted by molar-refractivity contribution is 5.94. The van der Waals surface area contributed by atoms with Crippen molar-refractivity contribution in [1.82, 2.24) is 16.0 Å². The van der Waals surface area contributed by atoms with Gasteiger partial charge in [0.05, 0.1) is 13.0 Å². The van der Waals surface area contributed by atoms with E-state index in [2.05, 4.69) is 34.1 Å². The van der Waals surface area contributed by atoms with E-state index in [1.165, 1.54) is 13.1 Å². The highest BCUT2D eigenvalue weighted by Crippen LogP contribution is 2.15. The molecule has 0 aliphatic heterocycles. The van der Waals surface area contributed by atoms with Crippen LogP contribution in [-0.2, 0) is 30.3 Å². The lowest BCUT2D eigenvalue weighted by Gasteiger charge is -2.25. The first kappa shape index (κ1) is 32.7. The number of amides is 3. The number of methoxy groups -OCH3 is 1. The molecular formula is C27H40N6O6. The predicted octanol–water partition coefficient (Wildman–Crippen LogP) is 0.319. The highest BCUT2D eigenvalue weighted by Gasteiger charge is 2.35. The van der Waals surface area contributed by atoms with Crippen molar-refractivity contribution in [2.24, 2.45) is 22.4 Å². The Kier molecular flexibility index (Phi) is 15.1. The SMILES string of the molecule is C=CCOc1ccc(C[C@H](NC(=O)[C@@H](C=C)[C@H](NC(=O)CCCCCN=C(N)N)C(=O)OC)C(=O)NC)cc1. The molecule has 1 aromatic rings. The van der Waals surface area contributed by atoms with Gasteiger partial charge in [-0.3, -0.25) is 19.4 Å². The van der Waals surface area contributed by atoms with Crippen LogP contribution in [0.5, 0.6) is 5.75 Å². The molecule has 12 nitrogen and oxygen atoms in total. The standard InChI is InChI=1S/C27H40N6O6/c1-5-16-39-19-13-11-18(12-14-19)17-21(25(36)30-3)32-24(35)20(6-2)23(26(37)38-4)33-22(34)10-8-7-9-15-31-27(28)29/h5-6,11-14,20-21,23H,1-2,7-10,15-17H2,3-4H3,(H,30,36)(H,32,35)(H,33,34)(H4,28,29,31)/t20-,21-,23-/m0/s1. The van der Waals surface area contributed by atoms with Crippen molar-refractivity contribution in [3.63, 3.8) is 0 Å². The van der Waals surface area contributed by atoms with Crippen LogP contribution < -0.4 is 32.2 Å². The summed E-state index contributed by atoms with van der Waals surface area (Å²) in [5, 5.41) is 7.76. The van der Waals surface area contributed by atoms with Crippen LogP contribution in [0.15, 0.2) is 54.6 Å². The molecule has 0 aromatic heterocycles. The molecule has 0 bridgehead atoms. The molecule has 0 spiro atoms. The van der Waals surface area contributed by atoms with Crippen LogP contribution in [0.4, 0.5) is 0 Å². The van der Waals surface area contributed by atoms with E-state index < -0.39 is 41.7 Å². The van der Waals surface area contributed by atoms with E-state index >= 15 is 0 Å². The number of unbranched alkanes of at least 4 members (excludes halogenated alkanes) is 2. The molecule has 0 radical (unpaired) electrons. The molecule has 214 valence electrons. The zero-order chi connectivity index (χ0) is 29.2. The quantitative estimate of drug-likeness (QED) is 0.0574. The van der Waals surface area contributed by atoms with Crippen LogP contribution in [0, 0.1) is 5.92 Å². The third-order valence-electron chi connectivity index (χ3n) is 5.65. The fourth-order valence-corrected chi connectivity index (χ4v) is 3.61. The maximum Gasteiger partial charge on any atom is 0.329 e. The molecule has 3 atom stereocenters. The fraction of sp³-hybridized carbons (Fsp3) is 0.444. The molecule has 0 heterocycles. The molecule has 7 N–H and O–H groups in total. The van der Waals surface area contributed by atoms with Crippen molar-refractivity contribution in [3.8, 4) is 5.75 Å². The van der Waals surface area contributed by atoms with Gasteiger partial charge in [0.2, 0.25) is 17.7 Å². The molecule has 3 amide bonds. The minimum absolute atomic E-state index is 0.00724. The predicted molar refractivity (Wildman–Crippen MR) is 149 cm³/mol. The monoisotopic (exact) mass is 544 g/mol. The van der Waals surface area contributed by atoms with Crippen LogP contribution in [0.3, 0.4) is 0 Å². The molecule has 0 fully saturated rings. The van der Waals surface area contributed by atoms with Crippen LogP contribution in [0.2, 0.25) is 0 Å². The van der Waals surface area contributed by atoms with Gasteiger partial charge >= 0.3 is 5.97 Å². The van der Waals surface area contributed by atoms with Gasteiger partial charge in [-0.05, 0) is 30.5 Å². The van der Waals surface area contributed by atoms with Gasteiger partial charge in [-0.25, -0.2) is 4.79 Å². The van der Waals surface area contributed by atoms with E-state index in [4.69, 9.17) is 20.9 Å². The number of hydrogen-bond acceptors (Lipinski definition) is 7. The number of rotatable bonds is 18. The van der Waals surface area contributed by atoms with Crippen LogP contribution in [-0.4, -0.2) is 69.0 Å². The second-order valence-electron chi connectivity index (χ2n) is 8.57. The summed E-state index contributed by atoms with van der Waals surface area (Å²) in [5.41, 5.74) is 11.3. The number of nitrogens with two attached hydrogens (primary N) is 2. The Balaban J connectivity index is 2.89. The number of guanidine groups is 1. The number of benzene rings is 1. The number of likely N-dealkylation sites (N-methyl/N-ethyl adjacent to an activating group) is 1. The molecular weight excluding hydrogens is 504 g/mol. The summed E-state index contributed by atoms with van der Waals surface area (Å²) in [6.07, 6.45) is 5.06. The summed E-state index contributed by atoms with van der Waals surface area (Å²) in [5.74, 6) is -2.90. The van der Waals surface area contributed by atoms with E-state index in [0.29, 0.717) is 38.2 Å². The summed E-state index contributed by atoms with van der Waals surface area (Å²) in [6.45, 7) is 8.07. The smallest absolute Gasteiger partial charge is 0.329 e. The number of carbonyl (C=O) groups excluding carboxylic acids is 4. The second kappa shape index (κ2) is 18.0. The first-order valence-electron chi connectivity index (χ1n) is 12.6. The van der Waals surface area contributed by atoms with Crippen molar-refractivity contribution in [2.45, 2.75) is 44.2 Å². The van der Waals surface area contributed by atoms with Crippen LogP contribution >= 0.6 is 0 Å². The Morgan fingerprint density at radius 1 is 1.03 bits per heavy atom. The van der Waals surface area contributed by atoms with Gasteiger partial charge in [-0.1, -0.05) is 37.3 Å². The van der Waals surface area contributed by atoms with E-state index in [-0.39, 0.29) is 18.8 Å². The van der Waals surface area contributed by atoms with Crippen molar-refractivity contribution >= 4 is 29.7 Å². The van der Waals surface area contributed by atoms with E-state index in [1.807, 2.05) is 0 Å². The zero-order valence-corrected chi connectivity index (χ0v) is 22.6. The lowest BCUT2D eigenvalue weighted by molar-refractivity contribution is -0.148. The number of aliphatic imine (C=N–C) groups is 1. The Hall–Kier alpha value is -4.35. The summed E-state index contributed by atoms with van der Waals surface area (Å²) < 4.78 is 10.3. The lowest BCUT2D eigenvalue weighted by Crippen LogP contribution is -2.54. The number of hydrogen-bond donors (Lipinski definition) is 5. The first-order valence-corrected chi connectivity index (χ1v) is 12.6. The molecule has 1 aromatic carbocycles. The Bertz CT molecular complexity index is 1010. The normalized spacial score (nSPS) is 12.6. The average molecular weight is 545 g/mol. The summed E-state index contributed by atoms with van der Waals surface area (Å²) >= 11 is 0. The van der Waals surface area contributed by atoms with E-state index in [0.717, 1.165) is 12.7 Å². The zero-order valence-electron chi connectivity index (χ0n) is 22.6. The molecule has 0 aliphatic rings. The number of ether oxygens (including phenoxy) is 2. The first-order chi connectivity index (χ1) is 18.7. The summed E-state index contributed by atoms with van der Waals surface area (Å²) in [7, 11) is 2.60. The molecule has 39 heavy (non-hydrogen) atoms. The Labute approximate surface area is 229 Å². The molecule has 0 saturated heterocycles. The van der Waals surface area contributed by atoms with Crippen molar-refractivity contribution in [1.29, 1.82) is 0 Å². The number of nitrogens with zero attached hydrogens (tertiary/aromatic N) is 1. The van der Waals surface area contributed by atoms with Gasteiger partial charge in [-0.15, -0.1) is 6.58 Å². The minimum Gasteiger partial charge on any atom is -0.490 e.